The zero-order valence-electron chi connectivity index (χ0n) is 81.3. The van der Waals surface area contributed by atoms with E-state index < -0.39 is 0 Å². The molecule has 0 radical (unpaired) electrons. The van der Waals surface area contributed by atoms with E-state index in [9.17, 15) is 0 Å². The second kappa shape index (κ2) is 29.5. The highest BCUT2D eigenvalue weighted by Gasteiger charge is 2.41. The Morgan fingerprint density at radius 1 is 0.167 bits per heavy atom. The maximum absolute atomic E-state index is 7.85. The fourth-order valence-electron chi connectivity index (χ4n) is 26.7. The third-order valence-corrected chi connectivity index (χ3v) is 33.8. The first-order valence-electron chi connectivity index (χ1n) is 50.5. The summed E-state index contributed by atoms with van der Waals surface area (Å²) in [5.74, 6) is 1.05. The van der Waals surface area contributed by atoms with Gasteiger partial charge in [-0.05, 0) is 316 Å². The van der Waals surface area contributed by atoms with Crippen molar-refractivity contribution in [2.45, 2.75) is 77.0 Å². The molecule has 8 heteroatoms. The van der Waals surface area contributed by atoms with Crippen molar-refractivity contribution in [2.24, 2.45) is 11.5 Å². The molecule has 144 heavy (non-hydrogen) atoms. The number of para-hydroxylation sites is 4. The smallest absolute Gasteiger partial charge is 0.108 e. The Kier molecular flexibility index (Phi) is 16.8. The molecule has 0 aliphatic heterocycles. The summed E-state index contributed by atoms with van der Waals surface area (Å²) in [6.45, 7) is 18.9. The molecule has 0 unspecified atom stereocenters. The van der Waals surface area contributed by atoms with Gasteiger partial charge in [0.25, 0.3) is 0 Å². The summed E-state index contributed by atoms with van der Waals surface area (Å²) >= 11 is 0. The zero-order valence-corrected chi connectivity index (χ0v) is 81.3. The molecule has 0 saturated heterocycles. The predicted molar refractivity (Wildman–Crippen MR) is 605 cm³/mol. The molecule has 4 aliphatic rings. The van der Waals surface area contributed by atoms with Crippen LogP contribution in [0.15, 0.2) is 425 Å². The average Bonchev–Trinajstić information content (AvgIpc) is 1.58. The number of hydrogen-bond acceptors (Lipinski definition) is 2. The number of hydrogen-bond donors (Lipinski definition) is 2. The molecule has 0 spiro atoms. The molecule has 30 rings (SSSR count). The highest BCUT2D eigenvalue weighted by atomic mass is 15.1. The zero-order chi connectivity index (χ0) is 96.1. The third-order valence-electron chi connectivity index (χ3n) is 33.8. The van der Waals surface area contributed by atoms with Gasteiger partial charge in [0.1, 0.15) is 11.6 Å². The average molecular weight is 1840 g/mol. The molecule has 682 valence electrons. The van der Waals surface area contributed by atoms with Crippen LogP contribution in [0.5, 0.6) is 0 Å². The Morgan fingerprint density at radius 3 is 0.562 bits per heavy atom. The Balaban J connectivity index is 0.569. The molecule has 0 atom stereocenters. The van der Waals surface area contributed by atoms with Crippen LogP contribution < -0.4 is 11.5 Å². The van der Waals surface area contributed by atoms with Gasteiger partial charge in [-0.1, -0.05) is 298 Å². The van der Waals surface area contributed by atoms with Gasteiger partial charge < -0.3 is 29.7 Å². The molecular formula is C136H98N8. The number of rotatable bonds is 11. The summed E-state index contributed by atoms with van der Waals surface area (Å²) in [6, 6.07) is 156. The number of nitrogens with two attached hydrogens (primary N) is 2. The van der Waals surface area contributed by atoms with E-state index in [2.05, 4.69) is 495 Å². The van der Waals surface area contributed by atoms with Crippen LogP contribution in [-0.2, 0) is 21.7 Å². The van der Waals surface area contributed by atoms with Crippen LogP contribution in [-0.4, -0.2) is 27.4 Å². The Morgan fingerprint density at radius 2 is 0.340 bits per heavy atom. The minimum atomic E-state index is -0.149. The van der Waals surface area contributed by atoms with E-state index in [4.69, 9.17) is 11.5 Å². The molecule has 0 amide bonds. The molecule has 6 aromatic heterocycles. The van der Waals surface area contributed by atoms with Gasteiger partial charge in [0.05, 0.1) is 66.2 Å². The Labute approximate surface area is 833 Å². The normalized spacial score (nSPS) is 14.6. The fraction of sp³-hybridized carbons (Fsp3) is 0.0882. The van der Waals surface area contributed by atoms with E-state index in [1.165, 1.54) is 154 Å². The van der Waals surface area contributed by atoms with Gasteiger partial charge >= 0.3 is 0 Å². The van der Waals surface area contributed by atoms with Crippen molar-refractivity contribution in [1.82, 2.24) is 27.4 Å². The Hall–Kier alpha value is -17.7. The first-order chi connectivity index (χ1) is 70.2. The molecule has 0 saturated carbocycles. The van der Waals surface area contributed by atoms with Gasteiger partial charge in [0.2, 0.25) is 0 Å². The number of nitrogens with zero attached hydrogens (tertiary/aromatic N) is 6. The van der Waals surface area contributed by atoms with Crippen LogP contribution in [0.3, 0.4) is 0 Å². The summed E-state index contributed by atoms with van der Waals surface area (Å²) in [6.07, 6.45) is 4.02. The molecule has 0 fully saturated rings. The van der Waals surface area contributed by atoms with Gasteiger partial charge in [-0.25, -0.2) is 0 Å². The van der Waals surface area contributed by atoms with Gasteiger partial charge in [-0.15, -0.1) is 0 Å². The van der Waals surface area contributed by atoms with Gasteiger partial charge in [0, 0.05) is 109 Å². The quantitative estimate of drug-likeness (QED) is 0.127. The van der Waals surface area contributed by atoms with Crippen LogP contribution in [0.4, 0.5) is 0 Å². The standard InChI is InChI=1S/C136H98N8/c1-133(2)111-33-17-9-25-91(111)95-53-49-87(75-115(95)133)139-119-37-21-13-29-99(119)103-67-79(41-57-123(103)139)83-45-61-127-107(71-83)108-72-84(80-42-58-124-104(68-80)100-30-14-22-38-120(100)140(124)88-50-54-96-92-26-10-18-34-112(92)134(3,4)116(96)76-88)46-62-128(108)143(127)131(137)65-66-132(138)144-129-63-47-85(81-43-59-125-105(69-81)101-31-15-23-39-121(101)141(125)89-51-55-97-93-27-11-19-35-113(93)135(5,6)117(97)77-89)73-109(129)110-74-86(48-64-130(110)144)82-44-60-126-106(70-82)102-32-16-24-40-122(102)142(126)90-52-56-98-94-28-12-20-36-114(94)136(7,8)118(98)78-90/h9-78H,137-138H2,1-8H3/b131-65+,132-66+. The van der Waals surface area contributed by atoms with Gasteiger partial charge in [-0.3, -0.25) is 9.13 Å². The van der Waals surface area contributed by atoms with Crippen LogP contribution in [0.2, 0.25) is 0 Å². The topological polar surface area (TPSA) is 81.6 Å². The number of benzene rings is 20. The lowest BCUT2D eigenvalue weighted by Gasteiger charge is -2.22. The van der Waals surface area contributed by atoms with E-state index in [-0.39, 0.29) is 21.7 Å². The van der Waals surface area contributed by atoms with E-state index in [0.717, 1.165) is 133 Å². The van der Waals surface area contributed by atoms with Crippen LogP contribution >= 0.6 is 0 Å². The van der Waals surface area contributed by atoms with Crippen molar-refractivity contribution in [2.75, 3.05) is 0 Å². The van der Waals surface area contributed by atoms with Crippen LogP contribution in [0.1, 0.15) is 99.9 Å². The second-order valence-corrected chi connectivity index (χ2v) is 42.7. The van der Waals surface area contributed by atoms with Crippen molar-refractivity contribution < 1.29 is 0 Å². The van der Waals surface area contributed by atoms with Crippen molar-refractivity contribution in [1.29, 1.82) is 0 Å². The Bertz CT molecular complexity index is 9180. The molecule has 0 bridgehead atoms. The maximum atomic E-state index is 7.85. The van der Waals surface area contributed by atoms with Gasteiger partial charge in [-0.2, -0.15) is 0 Å². The minimum Gasteiger partial charge on any atom is -0.385 e. The summed E-state index contributed by atoms with van der Waals surface area (Å²) in [5, 5.41) is 13.9. The molecule has 6 heterocycles. The van der Waals surface area contributed by atoms with E-state index in [1.807, 2.05) is 12.2 Å². The highest BCUT2D eigenvalue weighted by Crippen LogP contribution is 2.57. The van der Waals surface area contributed by atoms with Crippen molar-refractivity contribution in [3.05, 3.63) is 469 Å². The third kappa shape index (κ3) is 11.4. The fourth-order valence-corrected chi connectivity index (χ4v) is 26.7. The molecular weight excluding hydrogens is 1750 g/mol. The summed E-state index contributed by atoms with van der Waals surface area (Å²) in [5.41, 5.74) is 63.2. The molecule has 4 aliphatic carbocycles. The minimum absolute atomic E-state index is 0.149. The SMILES string of the molecule is CC1(C)c2ccccc2-c2ccc(-n3c4ccccc4c4cc(-c5ccc6c(c5)c5cc(-c7ccc8c(c7)c7ccccc7n8-c7ccc8c(c7)C(C)(C)c7ccccc7-8)ccc5n6/C(N)=C/C=C(\N)n5c6ccc(-c7ccc8c(c7)c7ccccc7n8-c7ccc8c(c7)C(C)(C)c7ccccc7-8)cc6c6cc(-c7ccc8c(c7)c7ccccc7n8-c7ccc8c(c7)C(C)(C)c7ccccc7-8)ccc65)ccc43)cc21. The molecule has 20 aromatic carbocycles. The van der Waals surface area contributed by atoms with E-state index >= 15 is 0 Å². The molecule has 26 aromatic rings. The highest BCUT2D eigenvalue weighted by molar-refractivity contribution is 6.19. The van der Waals surface area contributed by atoms with Crippen molar-refractivity contribution >= 4 is 142 Å². The summed E-state index contributed by atoms with van der Waals surface area (Å²) in [4.78, 5) is 0. The second-order valence-electron chi connectivity index (χ2n) is 42.7. The summed E-state index contributed by atoms with van der Waals surface area (Å²) in [7, 11) is 0. The number of aromatic nitrogens is 6. The van der Waals surface area contributed by atoms with Crippen LogP contribution in [0, 0.1) is 0 Å². The lowest BCUT2D eigenvalue weighted by Crippen LogP contribution is -2.15. The number of allylic oxidation sites excluding steroid dienone is 2. The first kappa shape index (κ1) is 82.2. The molecule has 8 nitrogen and oxygen atoms in total. The predicted octanol–water partition coefficient (Wildman–Crippen LogP) is 34.4. The maximum Gasteiger partial charge on any atom is 0.108 e. The largest absolute Gasteiger partial charge is 0.385 e. The lowest BCUT2D eigenvalue weighted by atomic mass is 9.82. The van der Waals surface area contributed by atoms with Crippen LogP contribution in [0.25, 0.3) is 254 Å². The van der Waals surface area contributed by atoms with E-state index in [0.29, 0.717) is 11.6 Å². The van der Waals surface area contributed by atoms with E-state index in [1.54, 1.807) is 0 Å². The lowest BCUT2D eigenvalue weighted by molar-refractivity contribution is 0.660. The number of fused-ring (bicyclic) bond motifs is 30. The van der Waals surface area contributed by atoms with Crippen molar-refractivity contribution in [3.8, 4) is 112 Å². The first-order valence-corrected chi connectivity index (χ1v) is 50.5. The monoisotopic (exact) mass is 1840 g/mol. The summed E-state index contributed by atoms with van der Waals surface area (Å²) < 4.78 is 14.3. The molecule has 4 N–H and O–H groups in total. The van der Waals surface area contributed by atoms with Gasteiger partial charge in [0.15, 0.2) is 0 Å². The van der Waals surface area contributed by atoms with Crippen molar-refractivity contribution in [3.63, 3.8) is 0 Å².